The molecule has 2 aromatic carbocycles. The first-order valence-electron chi connectivity index (χ1n) is 9.03. The summed E-state index contributed by atoms with van der Waals surface area (Å²) in [6.07, 6.45) is 0.807. The van der Waals surface area contributed by atoms with Crippen molar-refractivity contribution in [1.82, 2.24) is 10.2 Å². The van der Waals surface area contributed by atoms with Gasteiger partial charge in [-0.3, -0.25) is 4.79 Å². The van der Waals surface area contributed by atoms with E-state index in [2.05, 4.69) is 10.6 Å². The Morgan fingerprint density at radius 2 is 1.93 bits per heavy atom. The number of urea groups is 2. The SMILES string of the molecule is O=C(Nc1cccc(N2C(=O)CNC2=O)c1)N1CCC(c2ccc(F)cc2)C1. The molecule has 2 aliphatic rings. The van der Waals surface area contributed by atoms with E-state index >= 15 is 0 Å². The zero-order chi connectivity index (χ0) is 19.7. The maximum Gasteiger partial charge on any atom is 0.329 e. The summed E-state index contributed by atoms with van der Waals surface area (Å²) in [4.78, 5) is 39.0. The van der Waals surface area contributed by atoms with Crippen LogP contribution < -0.4 is 15.5 Å². The first kappa shape index (κ1) is 18.0. The minimum absolute atomic E-state index is 0.0338. The van der Waals surface area contributed by atoms with Gasteiger partial charge >= 0.3 is 12.1 Å². The highest BCUT2D eigenvalue weighted by Crippen LogP contribution is 2.28. The molecule has 8 heteroatoms. The van der Waals surface area contributed by atoms with Gasteiger partial charge in [-0.2, -0.15) is 0 Å². The fourth-order valence-electron chi connectivity index (χ4n) is 3.56. The molecule has 0 radical (unpaired) electrons. The molecule has 2 aromatic rings. The van der Waals surface area contributed by atoms with Crippen LogP contribution in [0.15, 0.2) is 48.5 Å². The predicted octanol–water partition coefficient (Wildman–Crippen LogP) is 2.90. The molecule has 0 spiro atoms. The molecule has 5 amide bonds. The fourth-order valence-corrected chi connectivity index (χ4v) is 3.56. The van der Waals surface area contributed by atoms with E-state index in [1.54, 1.807) is 41.3 Å². The van der Waals surface area contributed by atoms with Crippen LogP contribution in [0.1, 0.15) is 17.9 Å². The van der Waals surface area contributed by atoms with E-state index in [1.165, 1.54) is 12.1 Å². The molecule has 144 valence electrons. The number of carbonyl (C=O) groups excluding carboxylic acids is 3. The zero-order valence-corrected chi connectivity index (χ0v) is 15.0. The van der Waals surface area contributed by atoms with Crippen LogP contribution in [-0.4, -0.2) is 42.5 Å². The van der Waals surface area contributed by atoms with Crippen molar-refractivity contribution in [3.05, 3.63) is 59.9 Å². The lowest BCUT2D eigenvalue weighted by Crippen LogP contribution is -2.33. The number of carbonyl (C=O) groups is 3. The molecule has 0 bridgehead atoms. The van der Waals surface area contributed by atoms with Crippen molar-refractivity contribution in [3.8, 4) is 0 Å². The van der Waals surface area contributed by atoms with E-state index in [1.807, 2.05) is 0 Å². The molecule has 2 N–H and O–H groups in total. The second-order valence-corrected chi connectivity index (χ2v) is 6.85. The average Bonchev–Trinajstić information content (AvgIpc) is 3.30. The number of anilines is 2. The summed E-state index contributed by atoms with van der Waals surface area (Å²) < 4.78 is 13.1. The molecule has 0 aromatic heterocycles. The summed E-state index contributed by atoms with van der Waals surface area (Å²) in [5.41, 5.74) is 1.92. The van der Waals surface area contributed by atoms with Gasteiger partial charge < -0.3 is 15.5 Å². The van der Waals surface area contributed by atoms with Gasteiger partial charge in [0.2, 0.25) is 0 Å². The van der Waals surface area contributed by atoms with Gasteiger partial charge in [-0.05, 0) is 42.3 Å². The zero-order valence-electron chi connectivity index (χ0n) is 15.0. The van der Waals surface area contributed by atoms with Crippen molar-refractivity contribution < 1.29 is 18.8 Å². The number of hydrogen-bond acceptors (Lipinski definition) is 3. The molecule has 2 fully saturated rings. The highest BCUT2D eigenvalue weighted by Gasteiger charge is 2.30. The molecular weight excluding hydrogens is 363 g/mol. The third-order valence-corrected chi connectivity index (χ3v) is 5.02. The monoisotopic (exact) mass is 382 g/mol. The highest BCUT2D eigenvalue weighted by atomic mass is 19.1. The number of nitrogens with zero attached hydrogens (tertiary/aromatic N) is 2. The molecule has 0 saturated carbocycles. The molecule has 7 nitrogen and oxygen atoms in total. The number of hydrogen-bond donors (Lipinski definition) is 2. The summed E-state index contributed by atoms with van der Waals surface area (Å²) in [7, 11) is 0. The van der Waals surface area contributed by atoms with Crippen molar-refractivity contribution in [3.63, 3.8) is 0 Å². The van der Waals surface area contributed by atoms with E-state index in [9.17, 15) is 18.8 Å². The Labute approximate surface area is 161 Å². The Balaban J connectivity index is 1.41. The number of halogens is 1. The summed E-state index contributed by atoms with van der Waals surface area (Å²) >= 11 is 0. The van der Waals surface area contributed by atoms with Crippen molar-refractivity contribution in [2.24, 2.45) is 0 Å². The third kappa shape index (κ3) is 3.53. The third-order valence-electron chi connectivity index (χ3n) is 5.02. The number of rotatable bonds is 3. The molecule has 0 aliphatic carbocycles. The molecule has 4 rings (SSSR count). The van der Waals surface area contributed by atoms with Crippen LogP contribution in [0.3, 0.4) is 0 Å². The van der Waals surface area contributed by atoms with Crippen LogP contribution >= 0.6 is 0 Å². The Morgan fingerprint density at radius 1 is 1.14 bits per heavy atom. The van der Waals surface area contributed by atoms with Gasteiger partial charge in [0.25, 0.3) is 5.91 Å². The van der Waals surface area contributed by atoms with E-state index in [-0.39, 0.29) is 30.2 Å². The van der Waals surface area contributed by atoms with E-state index in [0.717, 1.165) is 16.9 Å². The Morgan fingerprint density at radius 3 is 2.64 bits per heavy atom. The van der Waals surface area contributed by atoms with Gasteiger partial charge in [0, 0.05) is 24.7 Å². The van der Waals surface area contributed by atoms with Crippen LogP contribution in [0, 0.1) is 5.82 Å². The first-order valence-corrected chi connectivity index (χ1v) is 9.03. The van der Waals surface area contributed by atoms with Gasteiger partial charge in [-0.15, -0.1) is 0 Å². The number of benzene rings is 2. The topological polar surface area (TPSA) is 81.8 Å². The maximum absolute atomic E-state index is 13.1. The molecule has 2 aliphatic heterocycles. The highest BCUT2D eigenvalue weighted by molar-refractivity contribution is 6.20. The Hall–Kier alpha value is -3.42. The van der Waals surface area contributed by atoms with Crippen LogP contribution in [0.4, 0.5) is 25.4 Å². The number of imide groups is 1. The van der Waals surface area contributed by atoms with E-state index in [0.29, 0.717) is 24.5 Å². The smallest absolute Gasteiger partial charge is 0.328 e. The van der Waals surface area contributed by atoms with Crippen LogP contribution in [0.25, 0.3) is 0 Å². The van der Waals surface area contributed by atoms with Crippen molar-refractivity contribution in [1.29, 1.82) is 0 Å². The average molecular weight is 382 g/mol. The van der Waals surface area contributed by atoms with Crippen LogP contribution in [-0.2, 0) is 4.79 Å². The lowest BCUT2D eigenvalue weighted by molar-refractivity contribution is -0.115. The van der Waals surface area contributed by atoms with Gasteiger partial charge in [0.05, 0.1) is 12.2 Å². The van der Waals surface area contributed by atoms with Crippen LogP contribution in [0.5, 0.6) is 0 Å². The van der Waals surface area contributed by atoms with Crippen molar-refractivity contribution in [2.75, 3.05) is 29.9 Å². The minimum Gasteiger partial charge on any atom is -0.328 e. The van der Waals surface area contributed by atoms with Gasteiger partial charge in [0.15, 0.2) is 0 Å². The number of nitrogens with one attached hydrogen (secondary N) is 2. The molecule has 1 unspecified atom stereocenters. The number of amides is 5. The second-order valence-electron chi connectivity index (χ2n) is 6.85. The molecule has 2 saturated heterocycles. The summed E-state index contributed by atoms with van der Waals surface area (Å²) in [5.74, 6) is -0.444. The molecule has 2 heterocycles. The lowest BCUT2D eigenvalue weighted by atomic mass is 9.99. The maximum atomic E-state index is 13.1. The van der Waals surface area contributed by atoms with Crippen molar-refractivity contribution >= 4 is 29.3 Å². The molecule has 28 heavy (non-hydrogen) atoms. The quantitative estimate of drug-likeness (QED) is 0.801. The summed E-state index contributed by atoms with van der Waals surface area (Å²) in [5, 5.41) is 5.28. The normalized spacial score (nSPS) is 19.1. The van der Waals surface area contributed by atoms with Gasteiger partial charge in [-0.1, -0.05) is 18.2 Å². The fraction of sp³-hybridized carbons (Fsp3) is 0.250. The van der Waals surface area contributed by atoms with Gasteiger partial charge in [-0.25, -0.2) is 18.9 Å². The second kappa shape index (κ2) is 7.30. The Kier molecular flexibility index (Phi) is 4.68. The van der Waals surface area contributed by atoms with Crippen molar-refractivity contribution in [2.45, 2.75) is 12.3 Å². The standard InChI is InChI=1S/C20H19FN4O3/c21-15-6-4-13(5-7-15)14-8-9-24(12-14)20(28)23-16-2-1-3-17(10-16)25-18(26)11-22-19(25)27/h1-7,10,14H,8-9,11-12H2,(H,22,27)(H,23,28). The lowest BCUT2D eigenvalue weighted by Gasteiger charge is -2.19. The predicted molar refractivity (Wildman–Crippen MR) is 102 cm³/mol. The van der Waals surface area contributed by atoms with E-state index in [4.69, 9.17) is 0 Å². The largest absolute Gasteiger partial charge is 0.329 e. The van der Waals surface area contributed by atoms with Crippen LogP contribution in [0.2, 0.25) is 0 Å². The molecule has 1 atom stereocenters. The van der Waals surface area contributed by atoms with E-state index < -0.39 is 6.03 Å². The first-order chi connectivity index (χ1) is 13.5. The minimum atomic E-state index is -0.477. The Bertz CT molecular complexity index is 915. The van der Waals surface area contributed by atoms with Gasteiger partial charge in [0.1, 0.15) is 5.82 Å². The summed E-state index contributed by atoms with van der Waals surface area (Å²) in [6.45, 7) is 1.11. The summed E-state index contributed by atoms with van der Waals surface area (Å²) in [6, 6.07) is 12.2. The molecular formula is C20H19FN4O3. The number of likely N-dealkylation sites (tertiary alicyclic amines) is 1.